The van der Waals surface area contributed by atoms with Crippen LogP contribution in [0.5, 0.6) is 0 Å². The van der Waals surface area contributed by atoms with E-state index in [1.807, 2.05) is 24.0 Å². The third-order valence-electron chi connectivity index (χ3n) is 5.82. The molecule has 2 aromatic carbocycles. The first-order valence-corrected chi connectivity index (χ1v) is 12.5. The Balaban J connectivity index is 1.39. The first-order chi connectivity index (χ1) is 14.8. The highest BCUT2D eigenvalue weighted by atomic mass is 35.5. The first kappa shape index (κ1) is 21.8. The highest BCUT2D eigenvalue weighted by Crippen LogP contribution is 2.39. The molecule has 1 atom stereocenters. The second kappa shape index (κ2) is 8.63. The van der Waals surface area contributed by atoms with E-state index in [1.54, 1.807) is 30.3 Å². The second-order valence-electron chi connectivity index (χ2n) is 8.26. The number of rotatable bonds is 7. The number of halogens is 1. The number of carbonyl (C=O) groups is 2. The number of fused-ring (bicyclic) bond motifs is 1. The van der Waals surface area contributed by atoms with Crippen LogP contribution in [-0.2, 0) is 32.4 Å². The van der Waals surface area contributed by atoms with Gasteiger partial charge in [-0.3, -0.25) is 9.59 Å². The maximum Gasteiger partial charge on any atom is 0.230 e. The number of hydrogen-bond donors (Lipinski definition) is 1. The van der Waals surface area contributed by atoms with Crippen LogP contribution in [0.15, 0.2) is 47.4 Å². The minimum Gasteiger partial charge on any atom is -0.352 e. The van der Waals surface area contributed by atoms with Crippen molar-refractivity contribution in [2.24, 2.45) is 5.92 Å². The quantitative estimate of drug-likeness (QED) is 0.685. The number of sulfone groups is 1. The molecule has 1 heterocycles. The van der Waals surface area contributed by atoms with Gasteiger partial charge in [0.2, 0.25) is 11.8 Å². The molecule has 0 unspecified atom stereocenters. The number of nitrogens with zero attached hydrogens (tertiary/aromatic N) is 1. The maximum atomic E-state index is 12.8. The lowest BCUT2D eigenvalue weighted by molar-refractivity contribution is -0.121. The lowest BCUT2D eigenvalue weighted by Gasteiger charge is -2.22. The lowest BCUT2D eigenvalue weighted by atomic mass is 10.1. The number of hydrogen-bond acceptors (Lipinski definition) is 4. The Morgan fingerprint density at radius 2 is 1.90 bits per heavy atom. The normalized spacial score (nSPS) is 18.0. The summed E-state index contributed by atoms with van der Waals surface area (Å²) in [6.07, 6.45) is 2.37. The van der Waals surface area contributed by atoms with Gasteiger partial charge in [0.05, 0.1) is 10.6 Å². The van der Waals surface area contributed by atoms with Crippen LogP contribution in [0, 0.1) is 5.92 Å². The summed E-state index contributed by atoms with van der Waals surface area (Å²) in [5.74, 6) is -0.377. The molecule has 2 aromatic rings. The van der Waals surface area contributed by atoms with Gasteiger partial charge in [-0.2, -0.15) is 0 Å². The number of benzene rings is 2. The van der Waals surface area contributed by atoms with Crippen molar-refractivity contribution in [2.45, 2.75) is 50.1 Å². The molecule has 0 bridgehead atoms. The van der Waals surface area contributed by atoms with Crippen LogP contribution in [0.3, 0.4) is 0 Å². The van der Waals surface area contributed by atoms with Gasteiger partial charge in [-0.15, -0.1) is 0 Å². The molecule has 2 amide bonds. The molecule has 1 saturated carbocycles. The van der Waals surface area contributed by atoms with Crippen LogP contribution >= 0.6 is 11.6 Å². The predicted octanol–water partition coefficient (Wildman–Crippen LogP) is 3.51. The van der Waals surface area contributed by atoms with Crippen molar-refractivity contribution in [3.8, 4) is 0 Å². The third kappa shape index (κ3) is 4.77. The summed E-state index contributed by atoms with van der Waals surface area (Å²) in [6, 6.07) is 12.1. The highest BCUT2D eigenvalue weighted by Gasteiger charge is 2.39. The first-order valence-electron chi connectivity index (χ1n) is 10.4. The Morgan fingerprint density at radius 3 is 2.61 bits per heavy atom. The molecule has 1 fully saturated rings. The molecule has 4 rings (SSSR count). The minimum atomic E-state index is -3.62. The number of amides is 2. The van der Waals surface area contributed by atoms with Gasteiger partial charge in [0.15, 0.2) is 9.84 Å². The van der Waals surface area contributed by atoms with Crippen LogP contribution in [0.1, 0.15) is 37.3 Å². The Morgan fingerprint density at radius 1 is 1.16 bits per heavy atom. The molecule has 6 nitrogen and oxygen atoms in total. The van der Waals surface area contributed by atoms with Gasteiger partial charge >= 0.3 is 0 Å². The monoisotopic (exact) mass is 460 g/mol. The molecule has 1 aliphatic carbocycles. The van der Waals surface area contributed by atoms with Gasteiger partial charge < -0.3 is 10.2 Å². The number of anilines is 1. The van der Waals surface area contributed by atoms with E-state index in [0.717, 1.165) is 29.7 Å². The van der Waals surface area contributed by atoms with Gasteiger partial charge in [0.1, 0.15) is 0 Å². The Labute approximate surface area is 187 Å². The lowest BCUT2D eigenvalue weighted by Crippen LogP contribution is -2.36. The van der Waals surface area contributed by atoms with Gasteiger partial charge in [0.25, 0.3) is 0 Å². The molecular weight excluding hydrogens is 436 g/mol. The summed E-state index contributed by atoms with van der Waals surface area (Å²) in [4.78, 5) is 26.7. The third-order valence-corrected chi connectivity index (χ3v) is 7.90. The summed E-state index contributed by atoms with van der Waals surface area (Å²) in [7, 11) is -3.62. The van der Waals surface area contributed by atoms with Crippen molar-refractivity contribution in [2.75, 3.05) is 10.7 Å². The predicted molar refractivity (Wildman–Crippen MR) is 120 cm³/mol. The molecule has 1 N–H and O–H groups in total. The number of carbonyl (C=O) groups excluding carboxylic acids is 2. The van der Waals surface area contributed by atoms with E-state index in [1.165, 1.54) is 0 Å². The standard InChI is InChI=1S/C23H25ClN2O4S/c1-15-12-18-13-19(8-9-21(18)26(15)23(28)16-6-7-16)31(29,30)11-10-22(27)25-14-17-4-2-3-5-20(17)24/h2-5,8-9,13,15-16H,6-7,10-12,14H2,1H3,(H,25,27)/t15-/m0/s1. The van der Waals surface area contributed by atoms with Crippen molar-refractivity contribution in [1.82, 2.24) is 5.32 Å². The van der Waals surface area contributed by atoms with Crippen molar-refractivity contribution in [3.05, 3.63) is 58.6 Å². The van der Waals surface area contributed by atoms with Gasteiger partial charge in [-0.1, -0.05) is 29.8 Å². The Hall–Kier alpha value is -2.38. The highest BCUT2D eigenvalue weighted by molar-refractivity contribution is 7.91. The zero-order valence-corrected chi connectivity index (χ0v) is 18.9. The minimum absolute atomic E-state index is 0.0247. The summed E-state index contributed by atoms with van der Waals surface area (Å²) in [5.41, 5.74) is 2.45. The SMILES string of the molecule is C[C@H]1Cc2cc(S(=O)(=O)CCC(=O)NCc3ccccc3Cl)ccc2N1C(=O)C1CC1. The molecule has 2 aliphatic rings. The van der Waals surface area contributed by atoms with Crippen molar-refractivity contribution < 1.29 is 18.0 Å². The average molecular weight is 461 g/mol. The molecule has 164 valence electrons. The summed E-state index contributed by atoms with van der Waals surface area (Å²) in [5, 5.41) is 3.27. The van der Waals surface area contributed by atoms with Crippen LogP contribution in [0.25, 0.3) is 0 Å². The van der Waals surface area contributed by atoms with Crippen LogP contribution in [-0.4, -0.2) is 32.0 Å². The molecule has 31 heavy (non-hydrogen) atoms. The fourth-order valence-corrected chi connectivity index (χ4v) is 5.42. The Bertz CT molecular complexity index is 1130. The van der Waals surface area contributed by atoms with Crippen molar-refractivity contribution in [3.63, 3.8) is 0 Å². The van der Waals surface area contributed by atoms with Crippen LogP contribution in [0.2, 0.25) is 5.02 Å². The molecule has 0 radical (unpaired) electrons. The van der Waals surface area contributed by atoms with E-state index in [-0.39, 0.29) is 47.4 Å². The summed E-state index contributed by atoms with van der Waals surface area (Å²) < 4.78 is 25.6. The molecule has 1 aliphatic heterocycles. The second-order valence-corrected chi connectivity index (χ2v) is 10.8. The smallest absolute Gasteiger partial charge is 0.230 e. The van der Waals surface area contributed by atoms with Crippen LogP contribution < -0.4 is 10.2 Å². The Kier molecular flexibility index (Phi) is 6.08. The van der Waals surface area contributed by atoms with E-state index in [4.69, 9.17) is 11.6 Å². The average Bonchev–Trinajstić information content (AvgIpc) is 3.53. The molecular formula is C23H25ClN2O4S. The molecule has 0 saturated heterocycles. The number of nitrogens with one attached hydrogen (secondary N) is 1. The maximum absolute atomic E-state index is 12.8. The largest absolute Gasteiger partial charge is 0.352 e. The fraction of sp³-hybridized carbons (Fsp3) is 0.391. The molecule has 8 heteroatoms. The zero-order chi connectivity index (χ0) is 22.2. The molecule has 0 spiro atoms. The van der Waals surface area contributed by atoms with E-state index < -0.39 is 9.84 Å². The van der Waals surface area contributed by atoms with E-state index in [9.17, 15) is 18.0 Å². The van der Waals surface area contributed by atoms with Crippen molar-refractivity contribution >= 4 is 38.9 Å². The topological polar surface area (TPSA) is 83.6 Å². The van der Waals surface area contributed by atoms with Gasteiger partial charge in [0, 0.05) is 35.6 Å². The summed E-state index contributed by atoms with van der Waals surface area (Å²) in [6.45, 7) is 2.23. The molecule has 0 aromatic heterocycles. The van der Waals surface area contributed by atoms with E-state index >= 15 is 0 Å². The summed E-state index contributed by atoms with van der Waals surface area (Å²) >= 11 is 6.07. The van der Waals surface area contributed by atoms with E-state index in [0.29, 0.717) is 11.4 Å². The van der Waals surface area contributed by atoms with Gasteiger partial charge in [-0.05, 0) is 61.6 Å². The zero-order valence-electron chi connectivity index (χ0n) is 17.3. The van der Waals surface area contributed by atoms with E-state index in [2.05, 4.69) is 5.32 Å². The van der Waals surface area contributed by atoms with Crippen molar-refractivity contribution in [1.29, 1.82) is 0 Å². The van der Waals surface area contributed by atoms with Gasteiger partial charge in [-0.25, -0.2) is 8.42 Å². The fourth-order valence-electron chi connectivity index (χ4n) is 3.93. The van der Waals surface area contributed by atoms with Crippen LogP contribution in [0.4, 0.5) is 5.69 Å².